The number of aryl methyl sites for hydroxylation is 3. The van der Waals surface area contributed by atoms with Crippen LogP contribution in [-0.4, -0.2) is 3.21 Å². The smallest absolute Gasteiger partial charge is 0.0253 e. The van der Waals surface area contributed by atoms with E-state index in [0.717, 1.165) is 12.8 Å². The third kappa shape index (κ3) is 9.17. The average Bonchev–Trinajstić information content (AvgIpc) is 3.24. The molecule has 0 radical (unpaired) electrons. The van der Waals surface area contributed by atoms with Gasteiger partial charge in [0.1, 0.15) is 0 Å². The van der Waals surface area contributed by atoms with Crippen LogP contribution >= 0.6 is 0 Å². The van der Waals surface area contributed by atoms with E-state index in [1.165, 1.54) is 47.7 Å². The summed E-state index contributed by atoms with van der Waals surface area (Å²) in [5.41, 5.74) is 11.4. The molecule has 0 N–H and O–H groups in total. The Bertz CT molecular complexity index is 953. The number of hydrogen-bond donors (Lipinski definition) is 0. The van der Waals surface area contributed by atoms with Crippen molar-refractivity contribution in [2.24, 2.45) is 0 Å². The number of rotatable bonds is 1. The van der Waals surface area contributed by atoms with E-state index >= 15 is 0 Å². The molecule has 1 aliphatic carbocycles. The Morgan fingerprint density at radius 3 is 2.09 bits per heavy atom. The fourth-order valence-electron chi connectivity index (χ4n) is 3.55. The molecular weight excluding hydrogens is 510 g/mol. The third-order valence-corrected chi connectivity index (χ3v) is 5.18. The van der Waals surface area contributed by atoms with Crippen molar-refractivity contribution in [1.29, 1.82) is 0 Å². The fourth-order valence-corrected chi connectivity index (χ4v) is 3.55. The normalized spacial score (nSPS) is 10.8. The first-order valence-electron chi connectivity index (χ1n) is 10.9. The van der Waals surface area contributed by atoms with Gasteiger partial charge in [0.05, 0.1) is 0 Å². The standard InChI is InChI=1S/C15H13.C11H17.C3H6.2ClH.Zr/c1-10-3-5-14-12(7-10)9-13-8-11(2)4-6-15(13)14;1-5-9-6-7-10(8-9)11(2,3)4;1-3-2;;;/h3-7H,9H2,1-2H3;6-8H,5H2,1-4H3;1-2H3;2*1H;/q2*-1;;;;+2/p-2. The monoisotopic (exact) mass is 544 g/mol. The van der Waals surface area contributed by atoms with Crippen molar-refractivity contribution >= 4 is 3.21 Å². The number of fused-ring (bicyclic) bond motifs is 3. The zero-order valence-corrected chi connectivity index (χ0v) is 24.8. The van der Waals surface area contributed by atoms with Crippen LogP contribution in [0.5, 0.6) is 0 Å². The molecule has 3 aromatic carbocycles. The van der Waals surface area contributed by atoms with Gasteiger partial charge in [-0.3, -0.25) is 0 Å². The Morgan fingerprint density at radius 2 is 1.59 bits per heavy atom. The summed E-state index contributed by atoms with van der Waals surface area (Å²) in [7, 11) is 0. The summed E-state index contributed by atoms with van der Waals surface area (Å²) < 4.78 is 1.51. The predicted octanol–water partition coefficient (Wildman–Crippen LogP) is 1.69. The minimum Gasteiger partial charge on any atom is -1.00 e. The van der Waals surface area contributed by atoms with Crippen molar-refractivity contribution < 1.29 is 49.0 Å². The summed E-state index contributed by atoms with van der Waals surface area (Å²) in [5.74, 6) is 0. The van der Waals surface area contributed by atoms with Gasteiger partial charge in [-0.05, 0) is 18.9 Å². The van der Waals surface area contributed by atoms with Crippen LogP contribution < -0.4 is 24.8 Å². The molecule has 0 bridgehead atoms. The number of hydrogen-bond acceptors (Lipinski definition) is 0. The summed E-state index contributed by atoms with van der Waals surface area (Å²) in [4.78, 5) is 0. The van der Waals surface area contributed by atoms with Gasteiger partial charge in [-0.1, -0.05) is 75.8 Å². The molecule has 3 heteroatoms. The molecule has 0 amide bonds. The van der Waals surface area contributed by atoms with Gasteiger partial charge in [-0.15, -0.1) is 11.1 Å². The van der Waals surface area contributed by atoms with Crippen LogP contribution in [0.3, 0.4) is 0 Å². The van der Waals surface area contributed by atoms with Crippen LogP contribution in [0.25, 0.3) is 11.1 Å². The van der Waals surface area contributed by atoms with Gasteiger partial charge in [0.25, 0.3) is 0 Å². The van der Waals surface area contributed by atoms with E-state index in [2.05, 4.69) is 110 Å². The maximum atomic E-state index is 3.45. The molecule has 4 rings (SSSR count). The average molecular weight is 547 g/mol. The van der Waals surface area contributed by atoms with E-state index in [9.17, 15) is 0 Å². The Balaban J connectivity index is 0.000000506. The Kier molecular flexibility index (Phi) is 13.4. The SMILES string of the molecule is CCc1cc(C(C)(C)C)c[cH-]1.C[C](C)=[Zr+2].Cc1[c-]c2c(cc1)-c1ccc(C)cc1C2.[Cl-].[Cl-]. The van der Waals surface area contributed by atoms with Crippen molar-refractivity contribution in [3.63, 3.8) is 0 Å². The second-order valence-electron chi connectivity index (χ2n) is 9.48. The quantitative estimate of drug-likeness (QED) is 0.319. The van der Waals surface area contributed by atoms with Gasteiger partial charge in [-0.2, -0.15) is 47.0 Å². The first kappa shape index (κ1) is 31.1. The predicted molar refractivity (Wildman–Crippen MR) is 129 cm³/mol. The topological polar surface area (TPSA) is 0 Å². The van der Waals surface area contributed by atoms with Gasteiger partial charge in [0, 0.05) is 0 Å². The molecule has 1 aliphatic rings. The van der Waals surface area contributed by atoms with E-state index < -0.39 is 0 Å². The van der Waals surface area contributed by atoms with Crippen LogP contribution in [0, 0.1) is 19.9 Å². The minimum absolute atomic E-state index is 0. The van der Waals surface area contributed by atoms with Gasteiger partial charge >= 0.3 is 41.3 Å². The largest absolute Gasteiger partial charge is 1.00 e. The summed E-state index contributed by atoms with van der Waals surface area (Å²) in [6.45, 7) is 17.5. The summed E-state index contributed by atoms with van der Waals surface area (Å²) in [6, 6.07) is 21.3. The fraction of sp³-hybridized carbons (Fsp3) is 0.379. The van der Waals surface area contributed by atoms with Crippen LogP contribution in [0.15, 0.2) is 48.5 Å². The molecule has 0 nitrogen and oxygen atoms in total. The minimum atomic E-state index is 0. The van der Waals surface area contributed by atoms with Gasteiger partial charge in [0.15, 0.2) is 0 Å². The van der Waals surface area contributed by atoms with Crippen molar-refractivity contribution in [1.82, 2.24) is 0 Å². The van der Waals surface area contributed by atoms with E-state index in [1.807, 2.05) is 0 Å². The molecule has 172 valence electrons. The summed E-state index contributed by atoms with van der Waals surface area (Å²) in [6.07, 6.45) is 2.20. The Hall–Kier alpha value is -0.877. The zero-order valence-electron chi connectivity index (χ0n) is 20.8. The van der Waals surface area contributed by atoms with E-state index in [1.54, 1.807) is 24.2 Å². The molecule has 0 saturated heterocycles. The van der Waals surface area contributed by atoms with Crippen LogP contribution in [-0.2, 0) is 42.5 Å². The van der Waals surface area contributed by atoms with Crippen molar-refractivity contribution in [3.8, 4) is 11.1 Å². The molecule has 0 spiro atoms. The van der Waals surface area contributed by atoms with Gasteiger partial charge in [-0.25, -0.2) is 6.07 Å². The third-order valence-electron chi connectivity index (χ3n) is 5.18. The molecule has 0 aliphatic heterocycles. The van der Waals surface area contributed by atoms with E-state index in [0.29, 0.717) is 5.41 Å². The summed E-state index contributed by atoms with van der Waals surface area (Å²) >= 11 is 1.55. The Morgan fingerprint density at radius 1 is 1.00 bits per heavy atom. The van der Waals surface area contributed by atoms with E-state index in [4.69, 9.17) is 0 Å². The molecule has 0 unspecified atom stereocenters. The molecule has 0 fully saturated rings. The molecule has 0 heterocycles. The molecule has 3 aromatic rings. The number of halogens is 2. The summed E-state index contributed by atoms with van der Waals surface area (Å²) in [5, 5.41) is 0. The van der Waals surface area contributed by atoms with Crippen molar-refractivity contribution in [3.05, 3.63) is 88.0 Å². The van der Waals surface area contributed by atoms with Crippen molar-refractivity contribution in [2.75, 3.05) is 0 Å². The first-order chi connectivity index (χ1) is 14.0. The molecule has 32 heavy (non-hydrogen) atoms. The maximum Gasteiger partial charge on any atom is -0.0253 e. The first-order valence-corrected chi connectivity index (χ1v) is 12.1. The van der Waals surface area contributed by atoms with Gasteiger partial charge in [0.2, 0.25) is 0 Å². The van der Waals surface area contributed by atoms with Crippen LogP contribution in [0.2, 0.25) is 0 Å². The van der Waals surface area contributed by atoms with Crippen LogP contribution in [0.4, 0.5) is 0 Å². The molecule has 0 saturated carbocycles. The van der Waals surface area contributed by atoms with Gasteiger partial charge < -0.3 is 24.8 Å². The molecule has 0 atom stereocenters. The zero-order chi connectivity index (χ0) is 22.5. The van der Waals surface area contributed by atoms with Crippen LogP contribution in [0.1, 0.15) is 74.9 Å². The van der Waals surface area contributed by atoms with E-state index in [-0.39, 0.29) is 24.8 Å². The molecular formula is C29H36Cl2Zr-2. The van der Waals surface area contributed by atoms with Crippen molar-refractivity contribution in [2.45, 2.75) is 73.6 Å². The maximum absolute atomic E-state index is 3.45. The molecule has 0 aromatic heterocycles. The number of benzene rings is 2. The second kappa shape index (κ2) is 13.7. The second-order valence-corrected chi connectivity index (χ2v) is 11.9. The Labute approximate surface area is 223 Å².